The average Bonchev–Trinajstić information content (AvgIpc) is 1.52. The van der Waals surface area contributed by atoms with Gasteiger partial charge in [-0.3, -0.25) is 0 Å². The minimum atomic E-state index is -0.784. The quantitative estimate of drug-likeness (QED) is 0.0899. The number of hydrogen-bond donors (Lipinski definition) is 0. The van der Waals surface area contributed by atoms with Crippen LogP contribution >= 0.6 is 0 Å². The molecule has 0 bridgehead atoms. The molecule has 0 atom stereocenters. The largest absolute Gasteiger partial charge is 0.455 e. The Morgan fingerprint density at radius 2 is 0.416 bits per heavy atom. The number of hydrogen-bond acceptors (Lipinski definition) is 12. The van der Waals surface area contributed by atoms with Crippen molar-refractivity contribution in [2.75, 3.05) is 0 Å². The van der Waals surface area contributed by atoms with Gasteiger partial charge in [-0.25, -0.2) is 0 Å². The lowest BCUT2D eigenvalue weighted by Gasteiger charge is -2.31. The zero-order valence-electron chi connectivity index (χ0n) is 55.4. The number of nitriles is 4. The van der Waals surface area contributed by atoms with Gasteiger partial charge in [-0.15, -0.1) is 0 Å². The Kier molecular flexibility index (Phi) is 15.5. The summed E-state index contributed by atoms with van der Waals surface area (Å²) >= 11 is 0. The van der Waals surface area contributed by atoms with Crippen molar-refractivity contribution < 1.29 is 37.9 Å². The highest BCUT2D eigenvalue weighted by molar-refractivity contribution is 5.91. The number of fused-ring (bicyclic) bond motifs is 8. The molecule has 0 fully saturated rings. The summed E-state index contributed by atoms with van der Waals surface area (Å²) in [5.74, 6) is 5.27. The molecular formula is C89H60N4O8. The molecule has 0 amide bonds. The fourth-order valence-electron chi connectivity index (χ4n) is 14.9. The third-order valence-electron chi connectivity index (χ3n) is 19.3. The topological polar surface area (TPSA) is 169 Å². The maximum atomic E-state index is 11.2. The van der Waals surface area contributed by atoms with E-state index in [0.717, 1.165) is 65.3 Å². The first-order valence-electron chi connectivity index (χ1n) is 33.1. The second-order valence-corrected chi connectivity index (χ2v) is 26.6. The lowest BCUT2D eigenvalue weighted by Crippen LogP contribution is -2.27. The molecule has 2 aliphatic rings. The van der Waals surface area contributed by atoms with Crippen molar-refractivity contribution >= 4 is 43.1 Å². The molecule has 0 aliphatic heterocycles. The van der Waals surface area contributed by atoms with Crippen LogP contribution < -0.4 is 37.9 Å². The van der Waals surface area contributed by atoms with Crippen LogP contribution in [0.3, 0.4) is 0 Å². The second kappa shape index (κ2) is 25.2. The molecule has 14 aromatic carbocycles. The van der Waals surface area contributed by atoms with Crippen molar-refractivity contribution in [3.63, 3.8) is 0 Å². The first-order valence-corrected chi connectivity index (χ1v) is 33.1. The second-order valence-electron chi connectivity index (χ2n) is 26.6. The molecule has 0 aromatic heterocycles. The van der Waals surface area contributed by atoms with Gasteiger partial charge in [0, 0.05) is 27.0 Å². The van der Waals surface area contributed by atoms with Gasteiger partial charge in [0.05, 0.1) is 0 Å². The smallest absolute Gasteiger partial charge is 0.170 e. The molecule has 0 unspecified atom stereocenters. The Balaban J connectivity index is 0.856. The maximum absolute atomic E-state index is 11.2. The van der Waals surface area contributed by atoms with E-state index < -0.39 is 16.2 Å². The first-order chi connectivity index (χ1) is 49.3. The highest BCUT2D eigenvalue weighted by Gasteiger charge is 2.57. The minimum Gasteiger partial charge on any atom is -0.455 e. The van der Waals surface area contributed by atoms with Crippen LogP contribution in [-0.2, 0) is 16.2 Å². The van der Waals surface area contributed by atoms with Gasteiger partial charge in [-0.05, 0) is 165 Å². The third-order valence-corrected chi connectivity index (χ3v) is 19.3. The van der Waals surface area contributed by atoms with Crippen molar-refractivity contribution in [2.45, 2.75) is 56.8 Å². The summed E-state index contributed by atoms with van der Waals surface area (Å²) < 4.78 is 55.0. The van der Waals surface area contributed by atoms with Crippen LogP contribution in [0.4, 0.5) is 0 Å². The van der Waals surface area contributed by atoms with E-state index in [0.29, 0.717) is 35.8 Å². The third kappa shape index (κ3) is 11.2. The maximum Gasteiger partial charge on any atom is 0.170 e. The van der Waals surface area contributed by atoms with Gasteiger partial charge in [0.1, 0.15) is 116 Å². The number of benzene rings is 14. The molecule has 101 heavy (non-hydrogen) atoms. The molecule has 16 rings (SSSR count). The van der Waals surface area contributed by atoms with Crippen molar-refractivity contribution in [2.24, 2.45) is 0 Å². The van der Waals surface area contributed by atoms with Crippen LogP contribution in [0.2, 0.25) is 0 Å². The number of rotatable bonds is 16. The first kappa shape index (κ1) is 62.3. The van der Waals surface area contributed by atoms with Crippen LogP contribution in [0.1, 0.15) is 85.0 Å². The van der Waals surface area contributed by atoms with E-state index in [1.54, 1.807) is 72.8 Å². The lowest BCUT2D eigenvalue weighted by atomic mass is 9.72. The van der Waals surface area contributed by atoms with Gasteiger partial charge in [0.2, 0.25) is 0 Å². The van der Waals surface area contributed by atoms with Crippen molar-refractivity contribution in [1.29, 1.82) is 21.0 Å². The van der Waals surface area contributed by atoms with Crippen molar-refractivity contribution in [3.8, 4) is 116 Å². The molecule has 1 spiro atoms. The zero-order chi connectivity index (χ0) is 69.0. The molecule has 0 N–H and O–H groups in total. The van der Waals surface area contributed by atoms with Crippen LogP contribution in [0, 0.1) is 45.3 Å². The molecule has 0 heterocycles. The standard InChI is InChI=1S/C89H60N4O8/c1-87(2)53-89(69-47-85(100-81-43-19-39-77(65(81)51-92)96-73-35-15-27-57-23-7-11-31-61(57)73)83(45-67(69)87)98-79-41-17-37-75(63(79)49-90)94-71-33-13-25-55-21-5-9-29-59(55)71)54-88(3,4)68-46-84(99-80-42-18-38-76(64(80)50-91)95-72-34-14-26-56-22-6-10-30-60(56)72)86(48-70(68)89)101-82-44-20-40-78(66(82)52-93)97-74-36-16-28-58-24-8-12-32-62(58)74/h5-48H,53-54H2,1-4H3. The highest BCUT2D eigenvalue weighted by atomic mass is 16.5. The van der Waals surface area contributed by atoms with E-state index in [-0.39, 0.29) is 91.2 Å². The van der Waals surface area contributed by atoms with Gasteiger partial charge in [-0.1, -0.05) is 198 Å². The molecule has 12 nitrogen and oxygen atoms in total. The predicted octanol–water partition coefficient (Wildman–Crippen LogP) is 23.8. The lowest BCUT2D eigenvalue weighted by molar-refractivity contribution is 0.349. The van der Waals surface area contributed by atoms with Crippen molar-refractivity contribution in [3.05, 3.63) is 311 Å². The average molecular weight is 1310 g/mol. The van der Waals surface area contributed by atoms with Crippen LogP contribution in [0.15, 0.2) is 267 Å². The zero-order valence-corrected chi connectivity index (χ0v) is 55.4. The van der Waals surface area contributed by atoms with E-state index >= 15 is 0 Å². The molecule has 2 aliphatic carbocycles. The summed E-state index contributed by atoms with van der Waals surface area (Å²) in [6, 6.07) is 93.3. The van der Waals surface area contributed by atoms with E-state index in [1.807, 2.05) is 194 Å². The summed E-state index contributed by atoms with van der Waals surface area (Å²) in [4.78, 5) is 0. The van der Waals surface area contributed by atoms with Gasteiger partial charge >= 0.3 is 0 Å². The van der Waals surface area contributed by atoms with Gasteiger partial charge in [0.25, 0.3) is 0 Å². The summed E-state index contributed by atoms with van der Waals surface area (Å²) in [7, 11) is 0. The number of nitrogens with zero attached hydrogens (tertiary/aromatic N) is 4. The fraction of sp³-hybridized carbons (Fsp3) is 0.101. The molecular weight excluding hydrogens is 1250 g/mol. The Morgan fingerprint density at radius 3 is 0.653 bits per heavy atom. The van der Waals surface area contributed by atoms with E-state index in [9.17, 15) is 21.0 Å². The van der Waals surface area contributed by atoms with E-state index in [1.165, 1.54) is 0 Å². The minimum absolute atomic E-state index is 0.139. The van der Waals surface area contributed by atoms with E-state index in [2.05, 4.69) is 52.0 Å². The molecule has 484 valence electrons. The number of ether oxygens (including phenoxy) is 8. The molecule has 12 heteroatoms. The summed E-state index contributed by atoms with van der Waals surface area (Å²) in [5.41, 5.74) is 2.44. The predicted molar refractivity (Wildman–Crippen MR) is 390 cm³/mol. The van der Waals surface area contributed by atoms with Gasteiger partial charge < -0.3 is 37.9 Å². The molecule has 0 saturated carbocycles. The highest BCUT2D eigenvalue weighted by Crippen LogP contribution is 2.66. The summed E-state index contributed by atoms with van der Waals surface area (Å²) in [6.45, 7) is 8.85. The summed E-state index contributed by atoms with van der Waals surface area (Å²) in [5, 5.41) is 52.0. The monoisotopic (exact) mass is 1310 g/mol. The SMILES string of the molecule is CC1(C)CC2(CC(C)(C)c3cc(Oc4cccc(Oc5cccc6ccccc56)c4C#N)c(Oc4cccc(Oc5cccc6ccccc56)c4C#N)cc32)c2cc(Oc3cccc(Oc4cccc5ccccc45)c3C#N)c(Oc3cccc(Oc4cccc5ccccc45)c3C#N)cc21. The Labute approximate surface area is 583 Å². The fourth-order valence-corrected chi connectivity index (χ4v) is 14.9. The molecule has 14 aromatic rings. The van der Waals surface area contributed by atoms with Crippen LogP contribution in [0.25, 0.3) is 43.1 Å². The van der Waals surface area contributed by atoms with Gasteiger partial charge in [-0.2, -0.15) is 21.0 Å². The normalized spacial score (nSPS) is 13.5. The Hall–Kier alpha value is -13.5. The van der Waals surface area contributed by atoms with Crippen LogP contribution in [-0.4, -0.2) is 0 Å². The van der Waals surface area contributed by atoms with Crippen molar-refractivity contribution in [1.82, 2.24) is 0 Å². The molecule has 0 saturated heterocycles. The Bertz CT molecular complexity index is 5530. The summed E-state index contributed by atoms with van der Waals surface area (Å²) in [6.07, 6.45) is 1.18. The molecule has 0 radical (unpaired) electrons. The van der Waals surface area contributed by atoms with Gasteiger partial charge in [0.15, 0.2) is 23.0 Å². The Morgan fingerprint density at radius 1 is 0.228 bits per heavy atom. The van der Waals surface area contributed by atoms with Crippen LogP contribution in [0.5, 0.6) is 92.0 Å². The van der Waals surface area contributed by atoms with E-state index in [4.69, 9.17) is 37.9 Å².